The number of aromatic nitrogens is 2. The van der Waals surface area contributed by atoms with E-state index in [2.05, 4.69) is 9.97 Å². The fourth-order valence-corrected chi connectivity index (χ4v) is 4.16. The van der Waals surface area contributed by atoms with Crippen LogP contribution in [0.3, 0.4) is 0 Å². The van der Waals surface area contributed by atoms with Crippen molar-refractivity contribution < 1.29 is 19.1 Å². The maximum absolute atomic E-state index is 13.5. The fraction of sp³-hybridized carbons (Fsp3) is 0.409. The van der Waals surface area contributed by atoms with Crippen molar-refractivity contribution >= 4 is 17.7 Å². The summed E-state index contributed by atoms with van der Waals surface area (Å²) in [7, 11) is 1.58. The first kappa shape index (κ1) is 20.9. The summed E-state index contributed by atoms with van der Waals surface area (Å²) in [4.78, 5) is 52.6. The van der Waals surface area contributed by atoms with Gasteiger partial charge in [-0.05, 0) is 11.6 Å². The van der Waals surface area contributed by atoms with Crippen molar-refractivity contribution in [3.05, 3.63) is 60.2 Å². The number of benzene rings is 1. The zero-order chi connectivity index (χ0) is 21.8. The Morgan fingerprint density at radius 3 is 2.65 bits per heavy atom. The van der Waals surface area contributed by atoms with Gasteiger partial charge in [-0.2, -0.15) is 0 Å². The monoisotopic (exact) mass is 423 g/mol. The molecule has 2 aliphatic heterocycles. The van der Waals surface area contributed by atoms with Gasteiger partial charge in [-0.3, -0.25) is 14.4 Å². The average Bonchev–Trinajstić information content (AvgIpc) is 2.81. The molecule has 3 amide bonds. The molecule has 0 bridgehead atoms. The lowest BCUT2D eigenvalue weighted by molar-refractivity contribution is -0.160. The van der Waals surface area contributed by atoms with Crippen LogP contribution in [-0.4, -0.2) is 94.4 Å². The molecule has 0 saturated carbocycles. The maximum Gasteiger partial charge on any atom is 0.273 e. The molecule has 0 N–H and O–H groups in total. The lowest BCUT2D eigenvalue weighted by Gasteiger charge is -2.49. The summed E-state index contributed by atoms with van der Waals surface area (Å²) in [6.07, 6.45) is 3.17. The fourth-order valence-electron chi connectivity index (χ4n) is 4.16. The summed E-state index contributed by atoms with van der Waals surface area (Å²) in [5, 5.41) is 0. The minimum Gasteiger partial charge on any atom is -0.383 e. The summed E-state index contributed by atoms with van der Waals surface area (Å²) < 4.78 is 5.10. The Kier molecular flexibility index (Phi) is 6.22. The lowest BCUT2D eigenvalue weighted by atomic mass is 9.96. The average molecular weight is 423 g/mol. The third-order valence-corrected chi connectivity index (χ3v) is 5.80. The Bertz CT molecular complexity index is 939. The van der Waals surface area contributed by atoms with Gasteiger partial charge in [-0.25, -0.2) is 9.97 Å². The van der Waals surface area contributed by atoms with Crippen molar-refractivity contribution in [3.8, 4) is 0 Å². The van der Waals surface area contributed by atoms with E-state index in [9.17, 15) is 14.4 Å². The van der Waals surface area contributed by atoms with E-state index in [-0.39, 0.29) is 30.0 Å². The number of ether oxygens (including phenoxy) is 1. The summed E-state index contributed by atoms with van der Waals surface area (Å²) in [6.45, 7) is 1.92. The molecule has 1 aromatic carbocycles. The highest BCUT2D eigenvalue weighted by molar-refractivity contribution is 6.00. The molecule has 2 aliphatic rings. The normalized spacial score (nSPS) is 21.3. The predicted octanol–water partition coefficient (Wildman–Crippen LogP) is 0.230. The second kappa shape index (κ2) is 9.22. The van der Waals surface area contributed by atoms with Crippen LogP contribution >= 0.6 is 0 Å². The van der Waals surface area contributed by atoms with Crippen molar-refractivity contribution in [2.45, 2.75) is 18.5 Å². The third kappa shape index (κ3) is 4.27. The number of carbonyl (C=O) groups excluding carboxylic acids is 3. The first-order valence-corrected chi connectivity index (χ1v) is 10.3. The van der Waals surface area contributed by atoms with E-state index in [1.165, 1.54) is 23.5 Å². The van der Waals surface area contributed by atoms with Crippen LogP contribution < -0.4 is 0 Å². The highest BCUT2D eigenvalue weighted by atomic mass is 16.5. The molecule has 9 nitrogen and oxygen atoms in total. The highest BCUT2D eigenvalue weighted by Gasteiger charge is 2.48. The number of hydrogen-bond acceptors (Lipinski definition) is 6. The van der Waals surface area contributed by atoms with E-state index in [0.717, 1.165) is 5.56 Å². The Hall–Kier alpha value is -3.33. The van der Waals surface area contributed by atoms with Crippen LogP contribution in [0.1, 0.15) is 16.1 Å². The molecule has 31 heavy (non-hydrogen) atoms. The van der Waals surface area contributed by atoms with Crippen LogP contribution in [0.4, 0.5) is 0 Å². The van der Waals surface area contributed by atoms with Crippen LogP contribution in [0, 0.1) is 0 Å². The summed E-state index contributed by atoms with van der Waals surface area (Å²) >= 11 is 0. The molecule has 2 aromatic rings. The topological polar surface area (TPSA) is 95.9 Å². The summed E-state index contributed by atoms with van der Waals surface area (Å²) in [5.74, 6) is -0.740. The first-order valence-electron chi connectivity index (χ1n) is 10.3. The Balaban J connectivity index is 1.64. The standard InChI is InChI=1S/C22H25N5O4/c1-31-12-11-25-9-10-26-19(21(25)29)14-27(20(28)17-7-8-23-15-24-17)18(22(26)30)13-16-5-3-2-4-6-16/h2-8,15,18-19H,9-14H2,1H3/t18-,19-/m0/s1. The van der Waals surface area contributed by atoms with Gasteiger partial charge in [0.15, 0.2) is 0 Å². The molecule has 2 saturated heterocycles. The number of fused-ring (bicyclic) bond motifs is 1. The summed E-state index contributed by atoms with van der Waals surface area (Å²) in [5.41, 5.74) is 1.15. The van der Waals surface area contributed by atoms with Gasteiger partial charge in [0.2, 0.25) is 11.8 Å². The van der Waals surface area contributed by atoms with Crippen molar-refractivity contribution in [3.63, 3.8) is 0 Å². The minimum atomic E-state index is -0.698. The number of nitrogens with zero attached hydrogens (tertiary/aromatic N) is 5. The van der Waals surface area contributed by atoms with Gasteiger partial charge in [0, 0.05) is 39.4 Å². The third-order valence-electron chi connectivity index (χ3n) is 5.80. The van der Waals surface area contributed by atoms with Crippen molar-refractivity contribution in [1.29, 1.82) is 0 Å². The molecule has 3 heterocycles. The van der Waals surface area contributed by atoms with E-state index in [1.807, 2.05) is 30.3 Å². The second-order valence-electron chi connectivity index (χ2n) is 7.62. The summed E-state index contributed by atoms with van der Waals surface area (Å²) in [6, 6.07) is 9.70. The smallest absolute Gasteiger partial charge is 0.273 e. The number of rotatable bonds is 6. The molecule has 2 atom stereocenters. The van der Waals surface area contributed by atoms with Crippen molar-refractivity contribution in [2.24, 2.45) is 0 Å². The van der Waals surface area contributed by atoms with E-state index in [1.54, 1.807) is 16.9 Å². The molecule has 0 radical (unpaired) electrons. The van der Waals surface area contributed by atoms with Gasteiger partial charge < -0.3 is 19.4 Å². The van der Waals surface area contributed by atoms with Crippen LogP contribution in [0.15, 0.2) is 48.9 Å². The molecular weight excluding hydrogens is 398 g/mol. The molecule has 0 spiro atoms. The molecule has 9 heteroatoms. The quantitative estimate of drug-likeness (QED) is 0.660. The molecule has 1 aromatic heterocycles. The largest absolute Gasteiger partial charge is 0.383 e. The zero-order valence-electron chi connectivity index (χ0n) is 17.4. The molecule has 162 valence electrons. The molecule has 4 rings (SSSR count). The van der Waals surface area contributed by atoms with Gasteiger partial charge in [0.1, 0.15) is 24.1 Å². The number of amides is 3. The van der Waals surface area contributed by atoms with E-state index < -0.39 is 12.1 Å². The van der Waals surface area contributed by atoms with Crippen LogP contribution in [0.25, 0.3) is 0 Å². The van der Waals surface area contributed by atoms with Crippen LogP contribution in [0.2, 0.25) is 0 Å². The van der Waals surface area contributed by atoms with Gasteiger partial charge in [-0.1, -0.05) is 30.3 Å². The second-order valence-corrected chi connectivity index (χ2v) is 7.62. The number of carbonyl (C=O) groups is 3. The number of methoxy groups -OCH3 is 1. The molecule has 0 aliphatic carbocycles. The van der Waals surface area contributed by atoms with E-state index >= 15 is 0 Å². The van der Waals surface area contributed by atoms with Crippen molar-refractivity contribution in [1.82, 2.24) is 24.7 Å². The van der Waals surface area contributed by atoms with Gasteiger partial charge >= 0.3 is 0 Å². The van der Waals surface area contributed by atoms with E-state index in [4.69, 9.17) is 4.74 Å². The zero-order valence-corrected chi connectivity index (χ0v) is 17.4. The molecule has 2 fully saturated rings. The number of piperazine rings is 2. The van der Waals surface area contributed by atoms with Crippen LogP contribution in [0.5, 0.6) is 0 Å². The maximum atomic E-state index is 13.5. The highest BCUT2D eigenvalue weighted by Crippen LogP contribution is 2.25. The van der Waals surface area contributed by atoms with Gasteiger partial charge in [0.25, 0.3) is 5.91 Å². The van der Waals surface area contributed by atoms with Crippen molar-refractivity contribution in [2.75, 3.05) is 39.9 Å². The predicted molar refractivity (Wildman–Crippen MR) is 111 cm³/mol. The molecular formula is C22H25N5O4. The Labute approximate surface area is 180 Å². The molecule has 0 unspecified atom stereocenters. The Morgan fingerprint density at radius 2 is 1.94 bits per heavy atom. The number of hydrogen-bond donors (Lipinski definition) is 0. The van der Waals surface area contributed by atoms with Crippen LogP contribution in [-0.2, 0) is 20.7 Å². The van der Waals surface area contributed by atoms with Gasteiger partial charge in [-0.15, -0.1) is 0 Å². The van der Waals surface area contributed by atoms with Gasteiger partial charge in [0.05, 0.1) is 13.2 Å². The Morgan fingerprint density at radius 1 is 1.13 bits per heavy atom. The van der Waals surface area contributed by atoms with E-state index in [0.29, 0.717) is 32.7 Å². The minimum absolute atomic E-state index is 0.133. The first-order chi connectivity index (χ1) is 15.1. The SMILES string of the molecule is COCCN1CCN2C(=O)[C@H](Cc3ccccc3)N(C(=O)c3ccncn3)C[C@H]2C1=O. The lowest BCUT2D eigenvalue weighted by Crippen LogP contribution is -2.70.